The summed E-state index contributed by atoms with van der Waals surface area (Å²) in [5.41, 5.74) is 0.369. The number of nitriles is 1. The molecule has 1 aromatic heterocycles. The second kappa shape index (κ2) is 4.42. The van der Waals surface area contributed by atoms with Crippen molar-refractivity contribution in [1.82, 2.24) is 9.78 Å². The zero-order valence-electron chi connectivity index (χ0n) is 8.10. The minimum absolute atomic E-state index is 0.331. The first-order valence-corrected chi connectivity index (χ1v) is 4.30. The Morgan fingerprint density at radius 2 is 2.57 bits per heavy atom. The van der Waals surface area contributed by atoms with Crippen LogP contribution in [0.1, 0.15) is 30.2 Å². The maximum atomic E-state index is 11.2. The molecule has 74 valence electrons. The SMILES string of the molecule is CCOC(=O)c1cnn(C(C)C#N)c1. The number of esters is 1. The Morgan fingerprint density at radius 1 is 1.86 bits per heavy atom. The van der Waals surface area contributed by atoms with Gasteiger partial charge in [-0.2, -0.15) is 10.4 Å². The van der Waals surface area contributed by atoms with Crippen LogP contribution >= 0.6 is 0 Å². The van der Waals surface area contributed by atoms with Crippen LogP contribution in [-0.4, -0.2) is 22.4 Å². The molecule has 1 aromatic rings. The van der Waals surface area contributed by atoms with Crippen LogP contribution in [0.25, 0.3) is 0 Å². The number of carbonyl (C=O) groups excluding carboxylic acids is 1. The van der Waals surface area contributed by atoms with Crippen LogP contribution in [0.3, 0.4) is 0 Å². The topological polar surface area (TPSA) is 67.9 Å². The summed E-state index contributed by atoms with van der Waals surface area (Å²) in [7, 11) is 0. The van der Waals surface area contributed by atoms with E-state index in [4.69, 9.17) is 10.00 Å². The Kier molecular flexibility index (Phi) is 3.24. The zero-order chi connectivity index (χ0) is 10.6. The smallest absolute Gasteiger partial charge is 0.341 e. The average molecular weight is 193 g/mol. The Labute approximate surface area is 81.9 Å². The number of carbonyl (C=O) groups is 1. The van der Waals surface area contributed by atoms with Gasteiger partial charge in [-0.3, -0.25) is 4.68 Å². The average Bonchev–Trinajstić information content (AvgIpc) is 2.66. The van der Waals surface area contributed by atoms with E-state index < -0.39 is 5.97 Å². The van der Waals surface area contributed by atoms with Crippen molar-refractivity contribution >= 4 is 5.97 Å². The summed E-state index contributed by atoms with van der Waals surface area (Å²) < 4.78 is 6.20. The summed E-state index contributed by atoms with van der Waals surface area (Å²) in [6, 6.07) is 1.64. The molecule has 5 nitrogen and oxygen atoms in total. The molecule has 0 fully saturated rings. The van der Waals surface area contributed by atoms with Gasteiger partial charge in [0.05, 0.1) is 24.4 Å². The van der Waals surface area contributed by atoms with Gasteiger partial charge in [0, 0.05) is 6.20 Å². The Balaban J connectivity index is 2.78. The van der Waals surface area contributed by atoms with Crippen molar-refractivity contribution in [3.05, 3.63) is 18.0 Å². The van der Waals surface area contributed by atoms with E-state index in [2.05, 4.69) is 5.10 Å². The molecule has 14 heavy (non-hydrogen) atoms. The summed E-state index contributed by atoms with van der Waals surface area (Å²) >= 11 is 0. The van der Waals surface area contributed by atoms with Gasteiger partial charge in [0.15, 0.2) is 0 Å². The quantitative estimate of drug-likeness (QED) is 0.675. The van der Waals surface area contributed by atoms with Crippen LogP contribution in [0.15, 0.2) is 12.4 Å². The molecule has 1 heterocycles. The number of hydrogen-bond donors (Lipinski definition) is 0. The van der Waals surface area contributed by atoms with E-state index in [1.165, 1.54) is 17.1 Å². The number of rotatable bonds is 3. The fraction of sp³-hybridized carbons (Fsp3) is 0.444. The molecular weight excluding hydrogens is 182 g/mol. The number of hydrogen-bond acceptors (Lipinski definition) is 4. The highest BCUT2D eigenvalue weighted by Crippen LogP contribution is 2.06. The molecule has 0 N–H and O–H groups in total. The third kappa shape index (κ3) is 2.10. The van der Waals surface area contributed by atoms with Crippen LogP contribution in [0, 0.1) is 11.3 Å². The summed E-state index contributed by atoms with van der Waals surface area (Å²) in [6.45, 7) is 3.76. The third-order valence-corrected chi connectivity index (χ3v) is 1.70. The fourth-order valence-electron chi connectivity index (χ4n) is 0.929. The van der Waals surface area contributed by atoms with Gasteiger partial charge < -0.3 is 4.74 Å². The Bertz CT molecular complexity index is 364. The molecule has 0 spiro atoms. The maximum Gasteiger partial charge on any atom is 0.341 e. The predicted molar refractivity (Wildman–Crippen MR) is 48.5 cm³/mol. The van der Waals surface area contributed by atoms with E-state index in [-0.39, 0.29) is 6.04 Å². The molecule has 0 aliphatic heterocycles. The van der Waals surface area contributed by atoms with Crippen molar-refractivity contribution in [2.24, 2.45) is 0 Å². The van der Waals surface area contributed by atoms with Crippen molar-refractivity contribution < 1.29 is 9.53 Å². The highest BCUT2D eigenvalue weighted by Gasteiger charge is 2.11. The Morgan fingerprint density at radius 3 is 3.14 bits per heavy atom. The second-order valence-electron chi connectivity index (χ2n) is 2.73. The molecule has 0 radical (unpaired) electrons. The number of nitrogens with zero attached hydrogens (tertiary/aromatic N) is 3. The van der Waals surface area contributed by atoms with E-state index in [1.54, 1.807) is 13.8 Å². The van der Waals surface area contributed by atoms with Crippen LogP contribution in [0.2, 0.25) is 0 Å². The zero-order valence-corrected chi connectivity index (χ0v) is 8.10. The summed E-state index contributed by atoms with van der Waals surface area (Å²) in [5.74, 6) is -0.413. The molecule has 0 bridgehead atoms. The fourth-order valence-corrected chi connectivity index (χ4v) is 0.929. The van der Waals surface area contributed by atoms with Gasteiger partial charge in [-0.15, -0.1) is 0 Å². The second-order valence-corrected chi connectivity index (χ2v) is 2.73. The molecule has 0 aromatic carbocycles. The largest absolute Gasteiger partial charge is 0.462 e. The van der Waals surface area contributed by atoms with Gasteiger partial charge >= 0.3 is 5.97 Å². The Hall–Kier alpha value is -1.83. The third-order valence-electron chi connectivity index (χ3n) is 1.70. The highest BCUT2D eigenvalue weighted by atomic mass is 16.5. The standard InChI is InChI=1S/C9H11N3O2/c1-3-14-9(13)8-5-11-12(6-8)7(2)4-10/h5-7H,3H2,1-2H3. The van der Waals surface area contributed by atoms with Gasteiger partial charge in [-0.05, 0) is 13.8 Å². The molecule has 0 saturated carbocycles. The van der Waals surface area contributed by atoms with Crippen LogP contribution in [0.4, 0.5) is 0 Å². The number of ether oxygens (including phenoxy) is 1. The van der Waals surface area contributed by atoms with Gasteiger partial charge in [-0.1, -0.05) is 0 Å². The van der Waals surface area contributed by atoms with Gasteiger partial charge in [-0.25, -0.2) is 4.79 Å². The van der Waals surface area contributed by atoms with Gasteiger partial charge in [0.2, 0.25) is 0 Å². The summed E-state index contributed by atoms with van der Waals surface area (Å²) in [6.07, 6.45) is 2.90. The van der Waals surface area contributed by atoms with Crippen molar-refractivity contribution in [3.8, 4) is 6.07 Å². The first-order valence-electron chi connectivity index (χ1n) is 4.30. The molecule has 1 atom stereocenters. The number of aromatic nitrogens is 2. The molecule has 0 aliphatic rings. The lowest BCUT2D eigenvalue weighted by molar-refractivity contribution is 0.0526. The predicted octanol–water partition coefficient (Wildman–Crippen LogP) is 1.14. The molecule has 0 saturated heterocycles. The molecule has 0 amide bonds. The highest BCUT2D eigenvalue weighted by molar-refractivity contribution is 5.88. The van der Waals surface area contributed by atoms with Gasteiger partial charge in [0.1, 0.15) is 6.04 Å². The van der Waals surface area contributed by atoms with Crippen LogP contribution < -0.4 is 0 Å². The first kappa shape index (κ1) is 10.3. The molecule has 0 aliphatic carbocycles. The minimum atomic E-state index is -0.413. The lowest BCUT2D eigenvalue weighted by Crippen LogP contribution is -2.05. The van der Waals surface area contributed by atoms with E-state index in [9.17, 15) is 4.79 Å². The molecule has 1 unspecified atom stereocenters. The van der Waals surface area contributed by atoms with Crippen LogP contribution in [-0.2, 0) is 4.74 Å². The lowest BCUT2D eigenvalue weighted by Gasteiger charge is -2.00. The first-order chi connectivity index (χ1) is 6.69. The molecule has 1 rings (SSSR count). The van der Waals surface area contributed by atoms with Crippen molar-refractivity contribution in [2.45, 2.75) is 19.9 Å². The van der Waals surface area contributed by atoms with E-state index in [1.807, 2.05) is 6.07 Å². The monoisotopic (exact) mass is 193 g/mol. The van der Waals surface area contributed by atoms with Crippen molar-refractivity contribution in [2.75, 3.05) is 6.61 Å². The van der Waals surface area contributed by atoms with Crippen molar-refractivity contribution in [3.63, 3.8) is 0 Å². The molecular formula is C9H11N3O2. The minimum Gasteiger partial charge on any atom is -0.462 e. The van der Waals surface area contributed by atoms with E-state index in [0.717, 1.165) is 0 Å². The maximum absolute atomic E-state index is 11.2. The normalized spacial score (nSPS) is 11.8. The van der Waals surface area contributed by atoms with Crippen LogP contribution in [0.5, 0.6) is 0 Å². The van der Waals surface area contributed by atoms with E-state index >= 15 is 0 Å². The van der Waals surface area contributed by atoms with E-state index in [0.29, 0.717) is 12.2 Å². The summed E-state index contributed by atoms with van der Waals surface area (Å²) in [5, 5.41) is 12.5. The molecule has 5 heteroatoms. The van der Waals surface area contributed by atoms with Crippen molar-refractivity contribution in [1.29, 1.82) is 5.26 Å². The lowest BCUT2D eigenvalue weighted by atomic mass is 10.3. The summed E-state index contributed by atoms with van der Waals surface area (Å²) in [4.78, 5) is 11.2. The van der Waals surface area contributed by atoms with Gasteiger partial charge in [0.25, 0.3) is 0 Å².